The average molecular weight is 224 g/mol. The number of hydrazine groups is 1. The SMILES string of the molecule is NNC(c1ccc(F)cc1)c1cnns1. The minimum Gasteiger partial charge on any atom is -0.271 e. The van der Waals surface area contributed by atoms with E-state index in [9.17, 15) is 4.39 Å². The number of aromatic nitrogens is 2. The Morgan fingerprint density at radius 1 is 1.33 bits per heavy atom. The van der Waals surface area contributed by atoms with E-state index in [0.29, 0.717) is 0 Å². The van der Waals surface area contributed by atoms with Crippen LogP contribution in [0.25, 0.3) is 0 Å². The summed E-state index contributed by atoms with van der Waals surface area (Å²) in [4.78, 5) is 0.893. The summed E-state index contributed by atoms with van der Waals surface area (Å²) in [6.07, 6.45) is 1.64. The zero-order valence-corrected chi connectivity index (χ0v) is 8.54. The number of halogens is 1. The van der Waals surface area contributed by atoms with E-state index in [1.807, 2.05) is 0 Å². The molecular weight excluding hydrogens is 215 g/mol. The third-order valence-corrected chi connectivity index (χ3v) is 2.76. The molecule has 1 heterocycles. The highest BCUT2D eigenvalue weighted by atomic mass is 32.1. The first-order valence-corrected chi connectivity index (χ1v) is 5.07. The Morgan fingerprint density at radius 2 is 2.07 bits per heavy atom. The maximum atomic E-state index is 12.7. The molecule has 0 aliphatic heterocycles. The summed E-state index contributed by atoms with van der Waals surface area (Å²) < 4.78 is 16.5. The molecule has 6 heteroatoms. The molecule has 0 saturated carbocycles. The standard InChI is InChI=1S/C9H9FN4S/c10-7-3-1-6(2-4-7)9(13-11)8-5-12-14-15-8/h1-5,9,13H,11H2. The van der Waals surface area contributed by atoms with Crippen molar-refractivity contribution in [3.05, 3.63) is 46.7 Å². The van der Waals surface area contributed by atoms with Gasteiger partial charge in [-0.3, -0.25) is 5.84 Å². The van der Waals surface area contributed by atoms with Crippen molar-refractivity contribution >= 4 is 11.5 Å². The van der Waals surface area contributed by atoms with Gasteiger partial charge < -0.3 is 0 Å². The van der Waals surface area contributed by atoms with Crippen molar-refractivity contribution in [2.45, 2.75) is 6.04 Å². The maximum absolute atomic E-state index is 12.7. The minimum atomic E-state index is -0.267. The molecular formula is C9H9FN4S. The molecule has 0 spiro atoms. The highest BCUT2D eigenvalue weighted by Crippen LogP contribution is 2.22. The molecule has 78 valence electrons. The van der Waals surface area contributed by atoms with Crippen molar-refractivity contribution in [2.75, 3.05) is 0 Å². The Kier molecular flexibility index (Phi) is 3.00. The fourth-order valence-corrected chi connectivity index (χ4v) is 1.89. The van der Waals surface area contributed by atoms with Gasteiger partial charge >= 0.3 is 0 Å². The second kappa shape index (κ2) is 4.43. The zero-order chi connectivity index (χ0) is 10.7. The third kappa shape index (κ3) is 2.17. The number of nitrogens with one attached hydrogen (secondary N) is 1. The first kappa shape index (κ1) is 10.2. The van der Waals surface area contributed by atoms with Crippen LogP contribution in [0, 0.1) is 5.82 Å². The number of rotatable bonds is 3. The Balaban J connectivity index is 2.31. The summed E-state index contributed by atoms with van der Waals surface area (Å²) in [7, 11) is 0. The van der Waals surface area contributed by atoms with Crippen LogP contribution in [0.15, 0.2) is 30.5 Å². The highest BCUT2D eigenvalue weighted by Gasteiger charge is 2.14. The Bertz CT molecular complexity index is 414. The summed E-state index contributed by atoms with van der Waals surface area (Å²) >= 11 is 1.26. The van der Waals surface area contributed by atoms with Crippen molar-refractivity contribution in [3.63, 3.8) is 0 Å². The summed E-state index contributed by atoms with van der Waals surface area (Å²) in [6, 6.07) is 5.96. The van der Waals surface area contributed by atoms with E-state index in [1.165, 1.54) is 23.7 Å². The van der Waals surface area contributed by atoms with Crippen LogP contribution < -0.4 is 11.3 Å². The van der Waals surface area contributed by atoms with E-state index in [1.54, 1.807) is 18.3 Å². The first-order valence-electron chi connectivity index (χ1n) is 4.30. The highest BCUT2D eigenvalue weighted by molar-refractivity contribution is 7.05. The van der Waals surface area contributed by atoms with Crippen molar-refractivity contribution in [1.82, 2.24) is 15.0 Å². The van der Waals surface area contributed by atoms with Gasteiger partial charge in [-0.15, -0.1) is 5.10 Å². The van der Waals surface area contributed by atoms with Crippen LogP contribution in [0.1, 0.15) is 16.5 Å². The number of hydrogen-bond donors (Lipinski definition) is 2. The van der Waals surface area contributed by atoms with Crippen LogP contribution in [-0.2, 0) is 0 Å². The minimum absolute atomic E-state index is 0.189. The molecule has 0 saturated heterocycles. The van der Waals surface area contributed by atoms with E-state index in [0.717, 1.165) is 10.4 Å². The predicted molar refractivity (Wildman–Crippen MR) is 55.5 cm³/mol. The molecule has 0 fully saturated rings. The number of benzene rings is 1. The zero-order valence-electron chi connectivity index (χ0n) is 7.72. The van der Waals surface area contributed by atoms with E-state index >= 15 is 0 Å². The van der Waals surface area contributed by atoms with Crippen LogP contribution in [0.5, 0.6) is 0 Å². The molecule has 2 aromatic rings. The van der Waals surface area contributed by atoms with E-state index in [-0.39, 0.29) is 11.9 Å². The normalized spacial score (nSPS) is 12.7. The molecule has 0 bridgehead atoms. The number of nitrogens with two attached hydrogens (primary N) is 1. The van der Waals surface area contributed by atoms with Gasteiger partial charge in [0, 0.05) is 0 Å². The lowest BCUT2D eigenvalue weighted by molar-refractivity contribution is 0.618. The molecule has 1 unspecified atom stereocenters. The van der Waals surface area contributed by atoms with Crippen LogP contribution in [0.2, 0.25) is 0 Å². The van der Waals surface area contributed by atoms with E-state index in [2.05, 4.69) is 15.0 Å². The first-order chi connectivity index (χ1) is 7.31. The number of nitrogens with zero attached hydrogens (tertiary/aromatic N) is 2. The largest absolute Gasteiger partial charge is 0.271 e. The van der Waals surface area contributed by atoms with Crippen LogP contribution in [0.3, 0.4) is 0 Å². The van der Waals surface area contributed by atoms with Crippen LogP contribution in [-0.4, -0.2) is 9.59 Å². The van der Waals surface area contributed by atoms with Crippen LogP contribution in [0.4, 0.5) is 4.39 Å². The van der Waals surface area contributed by atoms with Gasteiger partial charge in [0.1, 0.15) is 5.82 Å². The van der Waals surface area contributed by atoms with Crippen LogP contribution >= 0.6 is 11.5 Å². The maximum Gasteiger partial charge on any atom is 0.123 e. The molecule has 4 nitrogen and oxygen atoms in total. The van der Waals surface area contributed by atoms with Gasteiger partial charge in [0.2, 0.25) is 0 Å². The second-order valence-corrected chi connectivity index (χ2v) is 3.79. The summed E-state index contributed by atoms with van der Waals surface area (Å²) in [5, 5.41) is 3.73. The smallest absolute Gasteiger partial charge is 0.123 e. The molecule has 3 N–H and O–H groups in total. The van der Waals surface area contributed by atoms with Crippen molar-refractivity contribution in [1.29, 1.82) is 0 Å². The Hall–Kier alpha value is -1.37. The average Bonchev–Trinajstić information content (AvgIpc) is 2.75. The molecule has 15 heavy (non-hydrogen) atoms. The van der Waals surface area contributed by atoms with Gasteiger partial charge in [0.25, 0.3) is 0 Å². The van der Waals surface area contributed by atoms with Gasteiger partial charge in [-0.25, -0.2) is 9.82 Å². The third-order valence-electron chi connectivity index (χ3n) is 2.03. The molecule has 1 aromatic carbocycles. The molecule has 0 amide bonds. The molecule has 1 atom stereocenters. The lowest BCUT2D eigenvalue weighted by Gasteiger charge is -2.13. The van der Waals surface area contributed by atoms with E-state index in [4.69, 9.17) is 5.84 Å². The lowest BCUT2D eigenvalue weighted by Crippen LogP contribution is -2.28. The van der Waals surface area contributed by atoms with Crippen molar-refractivity contribution in [2.24, 2.45) is 5.84 Å². The number of hydrogen-bond acceptors (Lipinski definition) is 5. The summed E-state index contributed by atoms with van der Waals surface area (Å²) in [5.41, 5.74) is 3.53. The Morgan fingerprint density at radius 3 is 2.60 bits per heavy atom. The Labute approximate surface area is 90.1 Å². The summed E-state index contributed by atoms with van der Waals surface area (Å²) in [5.74, 6) is 5.17. The molecule has 0 radical (unpaired) electrons. The fraction of sp³-hybridized carbons (Fsp3) is 0.111. The lowest BCUT2D eigenvalue weighted by atomic mass is 10.1. The predicted octanol–water partition coefficient (Wildman–Crippen LogP) is 1.23. The van der Waals surface area contributed by atoms with Gasteiger partial charge in [0.05, 0.1) is 17.1 Å². The second-order valence-electron chi connectivity index (χ2n) is 2.97. The van der Waals surface area contributed by atoms with Gasteiger partial charge in [0.15, 0.2) is 0 Å². The summed E-state index contributed by atoms with van der Waals surface area (Å²) in [6.45, 7) is 0. The molecule has 0 aliphatic rings. The molecule has 0 aliphatic carbocycles. The van der Waals surface area contributed by atoms with Crippen molar-refractivity contribution in [3.8, 4) is 0 Å². The monoisotopic (exact) mass is 224 g/mol. The quantitative estimate of drug-likeness (QED) is 0.608. The fourth-order valence-electron chi connectivity index (χ4n) is 1.30. The van der Waals surface area contributed by atoms with Gasteiger partial charge in [-0.1, -0.05) is 16.6 Å². The molecule has 2 rings (SSSR count). The van der Waals surface area contributed by atoms with Gasteiger partial charge in [-0.2, -0.15) is 0 Å². The van der Waals surface area contributed by atoms with E-state index < -0.39 is 0 Å². The van der Waals surface area contributed by atoms with Crippen molar-refractivity contribution < 1.29 is 4.39 Å². The molecule has 1 aromatic heterocycles. The topological polar surface area (TPSA) is 63.8 Å². The van der Waals surface area contributed by atoms with Gasteiger partial charge in [-0.05, 0) is 29.2 Å².